The Morgan fingerprint density at radius 1 is 1.60 bits per heavy atom. The number of rotatable bonds is 6. The van der Waals surface area contributed by atoms with E-state index in [1.54, 1.807) is 4.90 Å². The number of aromatic nitrogens is 1. The summed E-state index contributed by atoms with van der Waals surface area (Å²) in [4.78, 5) is 28.1. The number of hydrogen-bond acceptors (Lipinski definition) is 5. The molecule has 0 saturated heterocycles. The van der Waals surface area contributed by atoms with Gasteiger partial charge in [-0.05, 0) is 25.2 Å². The fourth-order valence-electron chi connectivity index (χ4n) is 2.06. The van der Waals surface area contributed by atoms with Crippen LogP contribution in [0.1, 0.15) is 36.5 Å². The second-order valence-electron chi connectivity index (χ2n) is 5.08. The topological polar surface area (TPSA) is 102 Å². The SMILES string of the molecule is CCCN(CC1CC1)C(=O)c1cc([N+](=O)[O-])cnc1N. The lowest BCUT2D eigenvalue weighted by molar-refractivity contribution is -0.385. The molecule has 0 spiro atoms. The van der Waals surface area contributed by atoms with Crippen molar-refractivity contribution in [1.29, 1.82) is 0 Å². The van der Waals surface area contributed by atoms with Crippen LogP contribution < -0.4 is 5.73 Å². The number of carbonyl (C=O) groups is 1. The minimum atomic E-state index is -0.575. The summed E-state index contributed by atoms with van der Waals surface area (Å²) in [5.74, 6) is 0.323. The molecule has 1 saturated carbocycles. The van der Waals surface area contributed by atoms with Crippen LogP contribution in [0.3, 0.4) is 0 Å². The molecule has 0 radical (unpaired) electrons. The molecule has 1 aliphatic carbocycles. The van der Waals surface area contributed by atoms with Gasteiger partial charge in [0.15, 0.2) is 0 Å². The van der Waals surface area contributed by atoms with E-state index in [2.05, 4.69) is 4.98 Å². The highest BCUT2D eigenvalue weighted by molar-refractivity contribution is 5.98. The van der Waals surface area contributed by atoms with Crippen molar-refractivity contribution in [3.8, 4) is 0 Å². The molecular weight excluding hydrogens is 260 g/mol. The highest BCUT2D eigenvalue weighted by Crippen LogP contribution is 2.30. The molecule has 0 unspecified atom stereocenters. The quantitative estimate of drug-likeness (QED) is 0.631. The van der Waals surface area contributed by atoms with E-state index < -0.39 is 4.92 Å². The Labute approximate surface area is 116 Å². The summed E-state index contributed by atoms with van der Waals surface area (Å²) < 4.78 is 0. The molecule has 7 heteroatoms. The van der Waals surface area contributed by atoms with Crippen molar-refractivity contribution in [2.75, 3.05) is 18.8 Å². The van der Waals surface area contributed by atoms with Crippen LogP contribution in [0.4, 0.5) is 11.5 Å². The third-order valence-electron chi connectivity index (χ3n) is 3.30. The van der Waals surface area contributed by atoms with E-state index in [-0.39, 0.29) is 23.0 Å². The predicted octanol–water partition coefficient (Wildman–Crippen LogP) is 1.83. The first-order valence-corrected chi connectivity index (χ1v) is 6.72. The number of carbonyl (C=O) groups excluding carboxylic acids is 1. The monoisotopic (exact) mass is 278 g/mol. The Morgan fingerprint density at radius 2 is 2.30 bits per heavy atom. The van der Waals surface area contributed by atoms with Gasteiger partial charge in [0.25, 0.3) is 11.6 Å². The summed E-state index contributed by atoms with van der Waals surface area (Å²) >= 11 is 0. The highest BCUT2D eigenvalue weighted by atomic mass is 16.6. The van der Waals surface area contributed by atoms with Crippen molar-refractivity contribution in [3.63, 3.8) is 0 Å². The molecule has 1 aromatic rings. The van der Waals surface area contributed by atoms with Crippen LogP contribution in [0, 0.1) is 16.0 Å². The van der Waals surface area contributed by atoms with Gasteiger partial charge < -0.3 is 10.6 Å². The number of hydrogen-bond donors (Lipinski definition) is 1. The van der Waals surface area contributed by atoms with Gasteiger partial charge in [-0.3, -0.25) is 14.9 Å². The normalized spacial score (nSPS) is 14.1. The van der Waals surface area contributed by atoms with Crippen LogP contribution in [0.2, 0.25) is 0 Å². The van der Waals surface area contributed by atoms with Gasteiger partial charge in [0.2, 0.25) is 0 Å². The summed E-state index contributed by atoms with van der Waals surface area (Å²) in [6, 6.07) is 1.21. The Kier molecular flexibility index (Phi) is 4.16. The maximum absolute atomic E-state index is 12.5. The Balaban J connectivity index is 2.24. The molecule has 0 bridgehead atoms. The number of pyridine rings is 1. The fourth-order valence-corrected chi connectivity index (χ4v) is 2.06. The number of nitrogen functional groups attached to an aromatic ring is 1. The van der Waals surface area contributed by atoms with Crippen molar-refractivity contribution in [2.24, 2.45) is 5.92 Å². The second kappa shape index (κ2) is 5.85. The highest BCUT2D eigenvalue weighted by Gasteiger charge is 2.28. The summed E-state index contributed by atoms with van der Waals surface area (Å²) in [5, 5.41) is 10.8. The zero-order valence-electron chi connectivity index (χ0n) is 11.4. The zero-order chi connectivity index (χ0) is 14.7. The number of amides is 1. The van der Waals surface area contributed by atoms with Crippen LogP contribution >= 0.6 is 0 Å². The maximum atomic E-state index is 12.5. The average molecular weight is 278 g/mol. The van der Waals surface area contributed by atoms with Crippen molar-refractivity contribution >= 4 is 17.4 Å². The number of nitrogens with two attached hydrogens (primary N) is 1. The lowest BCUT2D eigenvalue weighted by Gasteiger charge is -2.22. The van der Waals surface area contributed by atoms with Gasteiger partial charge in [0.05, 0.1) is 10.5 Å². The third kappa shape index (κ3) is 3.23. The van der Waals surface area contributed by atoms with E-state index in [4.69, 9.17) is 5.73 Å². The molecule has 2 N–H and O–H groups in total. The first-order chi connectivity index (χ1) is 9.52. The van der Waals surface area contributed by atoms with E-state index in [0.29, 0.717) is 19.0 Å². The lowest BCUT2D eigenvalue weighted by atomic mass is 10.2. The van der Waals surface area contributed by atoms with Crippen molar-refractivity contribution in [2.45, 2.75) is 26.2 Å². The van der Waals surface area contributed by atoms with Gasteiger partial charge in [-0.15, -0.1) is 0 Å². The van der Waals surface area contributed by atoms with Gasteiger partial charge in [-0.2, -0.15) is 0 Å². The van der Waals surface area contributed by atoms with Gasteiger partial charge in [0.1, 0.15) is 12.0 Å². The summed E-state index contributed by atoms with van der Waals surface area (Å²) in [7, 11) is 0. The minimum absolute atomic E-state index is 0.0394. The number of nitro groups is 1. The third-order valence-corrected chi connectivity index (χ3v) is 3.30. The molecule has 7 nitrogen and oxygen atoms in total. The molecule has 1 amide bonds. The first-order valence-electron chi connectivity index (χ1n) is 6.72. The smallest absolute Gasteiger partial charge is 0.288 e. The molecule has 0 aliphatic heterocycles. The zero-order valence-corrected chi connectivity index (χ0v) is 11.4. The summed E-state index contributed by atoms with van der Waals surface area (Å²) in [6.45, 7) is 3.30. The molecular formula is C13H18N4O3. The van der Waals surface area contributed by atoms with Gasteiger partial charge in [0, 0.05) is 19.2 Å². The molecule has 0 aromatic carbocycles. The molecule has 1 aliphatic rings. The number of nitrogens with zero attached hydrogens (tertiary/aromatic N) is 3. The van der Waals surface area contributed by atoms with Crippen molar-refractivity contribution in [3.05, 3.63) is 27.9 Å². The lowest BCUT2D eigenvalue weighted by Crippen LogP contribution is -2.34. The second-order valence-corrected chi connectivity index (χ2v) is 5.08. The molecule has 1 heterocycles. The van der Waals surface area contributed by atoms with Crippen LogP contribution in [0.5, 0.6) is 0 Å². The molecule has 2 rings (SSSR count). The Hall–Kier alpha value is -2.18. The van der Waals surface area contributed by atoms with Crippen LogP contribution in [0.15, 0.2) is 12.3 Å². The standard InChI is InChI=1S/C13H18N4O3/c1-2-5-16(8-9-3-4-9)13(18)11-6-10(17(19)20)7-15-12(11)14/h6-7,9H,2-5,8H2,1H3,(H2,14,15). The maximum Gasteiger partial charge on any atom is 0.288 e. The van der Waals surface area contributed by atoms with Gasteiger partial charge >= 0.3 is 0 Å². The molecule has 1 aromatic heterocycles. The van der Waals surface area contributed by atoms with Crippen molar-refractivity contribution in [1.82, 2.24) is 9.88 Å². The fraction of sp³-hybridized carbons (Fsp3) is 0.538. The number of anilines is 1. The van der Waals surface area contributed by atoms with E-state index in [9.17, 15) is 14.9 Å². The first kappa shape index (κ1) is 14.2. The Bertz CT molecular complexity index is 528. The van der Waals surface area contributed by atoms with Gasteiger partial charge in [-0.25, -0.2) is 4.98 Å². The molecule has 1 fully saturated rings. The predicted molar refractivity (Wildman–Crippen MR) is 74.2 cm³/mol. The van der Waals surface area contributed by atoms with Crippen LogP contribution in [0.25, 0.3) is 0 Å². The average Bonchev–Trinajstić information content (AvgIpc) is 3.21. The van der Waals surface area contributed by atoms with E-state index in [1.807, 2.05) is 6.92 Å². The van der Waals surface area contributed by atoms with Gasteiger partial charge in [-0.1, -0.05) is 6.92 Å². The van der Waals surface area contributed by atoms with E-state index in [0.717, 1.165) is 25.5 Å². The van der Waals surface area contributed by atoms with Crippen LogP contribution in [-0.2, 0) is 0 Å². The largest absolute Gasteiger partial charge is 0.383 e. The van der Waals surface area contributed by atoms with E-state index in [1.165, 1.54) is 6.07 Å². The minimum Gasteiger partial charge on any atom is -0.383 e. The Morgan fingerprint density at radius 3 is 2.85 bits per heavy atom. The molecule has 108 valence electrons. The van der Waals surface area contributed by atoms with E-state index >= 15 is 0 Å². The van der Waals surface area contributed by atoms with Crippen molar-refractivity contribution < 1.29 is 9.72 Å². The molecule has 20 heavy (non-hydrogen) atoms. The summed E-state index contributed by atoms with van der Waals surface area (Å²) in [6.07, 6.45) is 4.17. The summed E-state index contributed by atoms with van der Waals surface area (Å²) in [5.41, 5.74) is 5.59. The molecule has 0 atom stereocenters. The van der Waals surface area contributed by atoms with Crippen LogP contribution in [-0.4, -0.2) is 33.8 Å².